The molecule has 5 heteroatoms. The molecule has 0 aromatic carbocycles. The Bertz CT molecular complexity index is 383. The molecule has 0 aromatic heterocycles. The Morgan fingerprint density at radius 2 is 1.55 bits per heavy atom. The number of aliphatic hydroxyl groups excluding tert-OH is 1. The zero-order valence-corrected chi connectivity index (χ0v) is 14.0. The Balaban J connectivity index is 1.83. The highest BCUT2D eigenvalue weighted by atomic mass is 16.3. The first-order chi connectivity index (χ1) is 10.5. The molecule has 1 saturated heterocycles. The minimum absolute atomic E-state index is 0.141. The number of hydrogen-bond donors (Lipinski definition) is 1. The summed E-state index contributed by atoms with van der Waals surface area (Å²) in [6.07, 6.45) is 6.17. The largest absolute Gasteiger partial charge is 0.384 e. The molecule has 0 aromatic rings. The van der Waals surface area contributed by atoms with Gasteiger partial charge in [-0.25, -0.2) is 0 Å². The highest BCUT2D eigenvalue weighted by molar-refractivity contribution is 5.81. The van der Waals surface area contributed by atoms with E-state index in [1.807, 2.05) is 4.90 Å². The predicted octanol–water partition coefficient (Wildman–Crippen LogP) is 1.64. The first-order valence-corrected chi connectivity index (χ1v) is 8.78. The summed E-state index contributed by atoms with van der Waals surface area (Å²) in [4.78, 5) is 28.0. The van der Waals surface area contributed by atoms with Crippen LogP contribution in [0.2, 0.25) is 0 Å². The Morgan fingerprint density at radius 3 is 2.00 bits per heavy atom. The fourth-order valence-corrected chi connectivity index (χ4v) is 3.76. The van der Waals surface area contributed by atoms with Crippen LogP contribution in [0.25, 0.3) is 0 Å². The van der Waals surface area contributed by atoms with Crippen LogP contribution in [-0.2, 0) is 9.59 Å². The molecule has 22 heavy (non-hydrogen) atoms. The minimum Gasteiger partial charge on any atom is -0.384 e. The number of aliphatic hydroxyl groups is 1. The van der Waals surface area contributed by atoms with Gasteiger partial charge in [0.2, 0.25) is 5.91 Å². The zero-order valence-electron chi connectivity index (χ0n) is 14.0. The second kappa shape index (κ2) is 7.95. The predicted molar refractivity (Wildman–Crippen MR) is 85.2 cm³/mol. The molecule has 126 valence electrons. The lowest BCUT2D eigenvalue weighted by Gasteiger charge is -2.37. The van der Waals surface area contributed by atoms with E-state index < -0.39 is 6.10 Å². The molecule has 0 radical (unpaired) electrons. The number of rotatable bonds is 5. The Kier molecular flexibility index (Phi) is 6.24. The van der Waals surface area contributed by atoms with Gasteiger partial charge in [0.1, 0.15) is 6.10 Å². The van der Waals surface area contributed by atoms with Crippen molar-refractivity contribution in [2.45, 2.75) is 58.5 Å². The van der Waals surface area contributed by atoms with Gasteiger partial charge in [-0.15, -0.1) is 0 Å². The van der Waals surface area contributed by atoms with E-state index >= 15 is 0 Å². The first kappa shape index (κ1) is 17.3. The molecule has 2 atom stereocenters. The van der Waals surface area contributed by atoms with E-state index in [2.05, 4.69) is 6.92 Å². The van der Waals surface area contributed by atoms with Gasteiger partial charge in [0, 0.05) is 32.1 Å². The molecule has 5 nitrogen and oxygen atoms in total. The average molecular weight is 310 g/mol. The summed E-state index contributed by atoms with van der Waals surface area (Å²) in [7, 11) is 0. The van der Waals surface area contributed by atoms with Crippen LogP contribution in [0.15, 0.2) is 0 Å². The molecular weight excluding hydrogens is 280 g/mol. The van der Waals surface area contributed by atoms with Gasteiger partial charge >= 0.3 is 0 Å². The lowest BCUT2D eigenvalue weighted by molar-refractivity contribution is -0.146. The topological polar surface area (TPSA) is 60.9 Å². The van der Waals surface area contributed by atoms with Gasteiger partial charge in [-0.2, -0.15) is 0 Å². The minimum atomic E-state index is -0.951. The number of piperazine rings is 1. The number of hydrogen-bond acceptors (Lipinski definition) is 3. The van der Waals surface area contributed by atoms with Crippen molar-refractivity contribution in [1.29, 1.82) is 0 Å². The van der Waals surface area contributed by atoms with Gasteiger partial charge in [-0.1, -0.05) is 32.6 Å². The van der Waals surface area contributed by atoms with E-state index in [-0.39, 0.29) is 17.7 Å². The normalized spacial score (nSPS) is 22.7. The molecule has 2 aliphatic rings. The second-order valence-corrected chi connectivity index (χ2v) is 6.82. The van der Waals surface area contributed by atoms with E-state index in [1.165, 1.54) is 32.6 Å². The molecule has 2 unspecified atom stereocenters. The van der Waals surface area contributed by atoms with E-state index in [1.54, 1.807) is 4.90 Å². The molecule has 2 rings (SSSR count). The zero-order chi connectivity index (χ0) is 16.1. The van der Waals surface area contributed by atoms with E-state index in [0.29, 0.717) is 26.2 Å². The van der Waals surface area contributed by atoms with Crippen molar-refractivity contribution < 1.29 is 14.7 Å². The summed E-state index contributed by atoms with van der Waals surface area (Å²) in [6.45, 7) is 5.86. The van der Waals surface area contributed by atoms with Crippen molar-refractivity contribution >= 4 is 11.8 Å². The van der Waals surface area contributed by atoms with Crippen molar-refractivity contribution in [3.05, 3.63) is 0 Å². The number of carbonyl (C=O) groups excluding carboxylic acids is 2. The molecule has 1 aliphatic heterocycles. The van der Waals surface area contributed by atoms with Crippen molar-refractivity contribution in [3.8, 4) is 0 Å². The van der Waals surface area contributed by atoms with Crippen LogP contribution >= 0.6 is 0 Å². The van der Waals surface area contributed by atoms with Gasteiger partial charge < -0.3 is 14.9 Å². The van der Waals surface area contributed by atoms with Crippen LogP contribution in [-0.4, -0.2) is 59.0 Å². The fraction of sp³-hybridized carbons (Fsp3) is 0.882. The van der Waals surface area contributed by atoms with Crippen LogP contribution in [0.1, 0.15) is 52.4 Å². The maximum atomic E-state index is 12.7. The van der Waals surface area contributed by atoms with Crippen LogP contribution in [0.3, 0.4) is 0 Å². The Morgan fingerprint density at radius 1 is 1.05 bits per heavy atom. The SMILES string of the molecule is CCC(CC1CCCC1)C(=O)N1CCN(C(=O)C(C)O)CC1. The molecule has 1 aliphatic carbocycles. The smallest absolute Gasteiger partial charge is 0.251 e. The summed E-state index contributed by atoms with van der Waals surface area (Å²) in [6, 6.07) is 0. The molecule has 0 bridgehead atoms. The molecule has 0 spiro atoms. The monoisotopic (exact) mass is 310 g/mol. The Hall–Kier alpha value is -1.10. The lowest BCUT2D eigenvalue weighted by atomic mass is 9.90. The van der Waals surface area contributed by atoms with Crippen molar-refractivity contribution in [1.82, 2.24) is 9.80 Å². The summed E-state index contributed by atoms with van der Waals surface area (Å²) >= 11 is 0. The second-order valence-electron chi connectivity index (χ2n) is 6.82. The number of nitrogens with zero attached hydrogens (tertiary/aromatic N) is 2. The van der Waals surface area contributed by atoms with E-state index in [0.717, 1.165) is 18.8 Å². The summed E-state index contributed by atoms with van der Waals surface area (Å²) < 4.78 is 0. The fourth-order valence-electron chi connectivity index (χ4n) is 3.76. The van der Waals surface area contributed by atoms with Crippen molar-refractivity contribution in [2.75, 3.05) is 26.2 Å². The third kappa shape index (κ3) is 4.22. The first-order valence-electron chi connectivity index (χ1n) is 8.78. The number of amides is 2. The summed E-state index contributed by atoms with van der Waals surface area (Å²) in [5.74, 6) is 0.901. The standard InChI is InChI=1S/C17H30N2O3/c1-3-15(12-14-6-4-5-7-14)17(22)19-10-8-18(9-11-19)16(21)13(2)20/h13-15,20H,3-12H2,1-2H3. The van der Waals surface area contributed by atoms with Crippen LogP contribution < -0.4 is 0 Å². The average Bonchev–Trinajstić information content (AvgIpc) is 3.04. The lowest BCUT2D eigenvalue weighted by Crippen LogP contribution is -2.53. The molecule has 1 saturated carbocycles. The van der Waals surface area contributed by atoms with Crippen LogP contribution in [0, 0.1) is 11.8 Å². The van der Waals surface area contributed by atoms with Gasteiger partial charge in [0.25, 0.3) is 5.91 Å². The third-order valence-corrected chi connectivity index (χ3v) is 5.20. The van der Waals surface area contributed by atoms with Crippen molar-refractivity contribution in [2.24, 2.45) is 11.8 Å². The van der Waals surface area contributed by atoms with Gasteiger partial charge in [0.15, 0.2) is 0 Å². The summed E-state index contributed by atoms with van der Waals surface area (Å²) in [5, 5.41) is 9.36. The molecule has 1 heterocycles. The highest BCUT2D eigenvalue weighted by Crippen LogP contribution is 2.32. The van der Waals surface area contributed by atoms with E-state index in [4.69, 9.17) is 0 Å². The Labute approximate surface area is 133 Å². The number of carbonyl (C=O) groups is 2. The van der Waals surface area contributed by atoms with Crippen LogP contribution in [0.5, 0.6) is 0 Å². The van der Waals surface area contributed by atoms with Gasteiger partial charge in [-0.3, -0.25) is 9.59 Å². The maximum Gasteiger partial charge on any atom is 0.251 e. The summed E-state index contributed by atoms with van der Waals surface area (Å²) in [5.41, 5.74) is 0. The molecule has 2 amide bonds. The molecular formula is C17H30N2O3. The van der Waals surface area contributed by atoms with Crippen molar-refractivity contribution in [3.63, 3.8) is 0 Å². The quantitative estimate of drug-likeness (QED) is 0.840. The third-order valence-electron chi connectivity index (χ3n) is 5.20. The van der Waals surface area contributed by atoms with Gasteiger partial charge in [0.05, 0.1) is 0 Å². The van der Waals surface area contributed by atoms with Crippen LogP contribution in [0.4, 0.5) is 0 Å². The molecule has 2 fully saturated rings. The molecule has 1 N–H and O–H groups in total. The highest BCUT2D eigenvalue weighted by Gasteiger charge is 2.30. The van der Waals surface area contributed by atoms with Gasteiger partial charge in [-0.05, 0) is 25.7 Å². The van der Waals surface area contributed by atoms with E-state index in [9.17, 15) is 14.7 Å². The maximum absolute atomic E-state index is 12.7.